The summed E-state index contributed by atoms with van der Waals surface area (Å²) in [5.41, 5.74) is 2.02. The Morgan fingerprint density at radius 3 is 2.68 bits per heavy atom. The molecule has 0 radical (unpaired) electrons. The van der Waals surface area contributed by atoms with Gasteiger partial charge < -0.3 is 0 Å². The van der Waals surface area contributed by atoms with Crippen molar-refractivity contribution < 1.29 is 9.72 Å². The van der Waals surface area contributed by atoms with E-state index in [4.69, 9.17) is 11.6 Å². The van der Waals surface area contributed by atoms with Crippen molar-refractivity contribution in [3.05, 3.63) is 74.3 Å². The lowest BCUT2D eigenvalue weighted by Gasteiger charge is -2.07. The number of benzene rings is 2. The van der Waals surface area contributed by atoms with Crippen molar-refractivity contribution in [2.24, 2.45) is 4.99 Å². The van der Waals surface area contributed by atoms with Crippen LogP contribution in [0.3, 0.4) is 0 Å². The van der Waals surface area contributed by atoms with Crippen molar-refractivity contribution in [3.63, 3.8) is 0 Å². The van der Waals surface area contributed by atoms with Gasteiger partial charge in [0.05, 0.1) is 16.9 Å². The van der Waals surface area contributed by atoms with E-state index in [1.54, 1.807) is 42.5 Å². The van der Waals surface area contributed by atoms with Crippen LogP contribution in [-0.2, 0) is 0 Å². The van der Waals surface area contributed by atoms with E-state index in [1.807, 2.05) is 6.92 Å². The highest BCUT2D eigenvalue weighted by atomic mass is 35.5. The number of hydrogen-bond acceptors (Lipinski definition) is 4. The molecular formula is C16H13ClN2O3. The number of ketones is 1. The fraction of sp³-hybridized carbons (Fsp3) is 0.125. The Morgan fingerprint density at radius 2 is 2.00 bits per heavy atom. The predicted molar refractivity (Wildman–Crippen MR) is 86.1 cm³/mol. The number of aryl methyl sites for hydroxylation is 1. The minimum atomic E-state index is -0.493. The molecule has 112 valence electrons. The van der Waals surface area contributed by atoms with Crippen molar-refractivity contribution in [1.82, 2.24) is 0 Å². The topological polar surface area (TPSA) is 72.6 Å². The molecule has 0 N–H and O–H groups in total. The number of nitro groups is 1. The predicted octanol–water partition coefficient (Wildman–Crippen LogP) is 3.86. The number of rotatable bonds is 5. The van der Waals surface area contributed by atoms with Gasteiger partial charge in [-0.3, -0.25) is 19.9 Å². The van der Waals surface area contributed by atoms with E-state index in [-0.39, 0.29) is 5.78 Å². The molecule has 6 heteroatoms. The molecule has 0 atom stereocenters. The second-order valence-electron chi connectivity index (χ2n) is 4.66. The Hall–Kier alpha value is -2.53. The molecule has 2 aromatic carbocycles. The van der Waals surface area contributed by atoms with Crippen LogP contribution in [-0.4, -0.2) is 23.5 Å². The van der Waals surface area contributed by atoms with Crippen LogP contribution in [0.25, 0.3) is 0 Å². The van der Waals surface area contributed by atoms with Crippen LogP contribution in [0.1, 0.15) is 21.5 Å². The number of aliphatic imine (C=N–C) groups is 1. The highest BCUT2D eigenvalue weighted by molar-refractivity contribution is 6.35. The van der Waals surface area contributed by atoms with Gasteiger partial charge in [0.15, 0.2) is 5.78 Å². The maximum absolute atomic E-state index is 12.6. The number of carbonyl (C=O) groups is 1. The Morgan fingerprint density at radius 1 is 1.27 bits per heavy atom. The maximum atomic E-state index is 12.6. The third kappa shape index (κ3) is 3.77. The number of halogens is 1. The van der Waals surface area contributed by atoms with Crippen LogP contribution >= 0.6 is 11.6 Å². The van der Waals surface area contributed by atoms with Crippen molar-refractivity contribution in [1.29, 1.82) is 0 Å². The van der Waals surface area contributed by atoms with Crippen LogP contribution < -0.4 is 0 Å². The summed E-state index contributed by atoms with van der Waals surface area (Å²) in [7, 11) is 0. The van der Waals surface area contributed by atoms with Gasteiger partial charge in [-0.15, -0.1) is 0 Å². The third-order valence-electron chi connectivity index (χ3n) is 2.98. The standard InChI is InChI=1S/C16H13ClN2O3/c1-11-6-7-15(18-8-9-19(21)22)13(10-11)16(20)12-4-2-3-5-14(12)17/h2-8,10H,9H2,1H3. The van der Waals surface area contributed by atoms with Crippen molar-refractivity contribution in [2.75, 3.05) is 6.54 Å². The second kappa shape index (κ2) is 6.95. The second-order valence-corrected chi connectivity index (χ2v) is 5.06. The van der Waals surface area contributed by atoms with Crippen molar-refractivity contribution >= 4 is 29.3 Å². The number of nitrogens with zero attached hydrogens (tertiary/aromatic N) is 2. The first-order valence-electron chi connectivity index (χ1n) is 6.53. The molecule has 0 heterocycles. The van der Waals surface area contributed by atoms with Gasteiger partial charge in [-0.05, 0) is 31.2 Å². The number of carbonyl (C=O) groups excluding carboxylic acids is 1. The van der Waals surface area contributed by atoms with Gasteiger partial charge >= 0.3 is 0 Å². The minimum Gasteiger partial charge on any atom is -0.288 e. The molecule has 0 saturated heterocycles. The smallest absolute Gasteiger partial charge is 0.238 e. The van der Waals surface area contributed by atoms with Gasteiger partial charge in [0.1, 0.15) is 0 Å². The van der Waals surface area contributed by atoms with E-state index in [2.05, 4.69) is 4.99 Å². The van der Waals surface area contributed by atoms with Gasteiger partial charge in [0.2, 0.25) is 6.54 Å². The average Bonchev–Trinajstić information content (AvgIpc) is 2.48. The van der Waals surface area contributed by atoms with E-state index in [9.17, 15) is 14.9 Å². The molecule has 0 bridgehead atoms. The quantitative estimate of drug-likeness (QED) is 0.364. The molecule has 5 nitrogen and oxygen atoms in total. The highest BCUT2D eigenvalue weighted by Gasteiger charge is 2.16. The zero-order valence-electron chi connectivity index (χ0n) is 11.8. The Balaban J connectivity index is 2.43. The van der Waals surface area contributed by atoms with Crippen LogP contribution in [0.15, 0.2) is 47.5 Å². The summed E-state index contributed by atoms with van der Waals surface area (Å²) in [6, 6.07) is 11.9. The first-order chi connectivity index (χ1) is 10.5. The zero-order chi connectivity index (χ0) is 16.1. The minimum absolute atomic E-state index is 0.262. The Bertz CT molecular complexity index is 757. The van der Waals surface area contributed by atoms with E-state index < -0.39 is 11.5 Å². The zero-order valence-corrected chi connectivity index (χ0v) is 12.6. The van der Waals surface area contributed by atoms with Crippen LogP contribution in [0.5, 0.6) is 0 Å². The van der Waals surface area contributed by atoms with Crippen LogP contribution in [0.4, 0.5) is 5.69 Å². The lowest BCUT2D eigenvalue weighted by Crippen LogP contribution is -2.04. The monoisotopic (exact) mass is 316 g/mol. The molecular weight excluding hydrogens is 304 g/mol. The first-order valence-corrected chi connectivity index (χ1v) is 6.91. The molecule has 0 aliphatic carbocycles. The normalized spacial score (nSPS) is 10.8. The van der Waals surface area contributed by atoms with Gasteiger partial charge in [-0.2, -0.15) is 0 Å². The molecule has 0 spiro atoms. The van der Waals surface area contributed by atoms with E-state index in [1.165, 1.54) is 6.21 Å². The molecule has 0 aliphatic heterocycles. The summed E-state index contributed by atoms with van der Waals surface area (Å²) in [5.74, 6) is -0.262. The largest absolute Gasteiger partial charge is 0.288 e. The molecule has 0 fully saturated rings. The average molecular weight is 317 g/mol. The molecule has 0 amide bonds. The van der Waals surface area contributed by atoms with Gasteiger partial charge in [-0.1, -0.05) is 35.4 Å². The lowest BCUT2D eigenvalue weighted by atomic mass is 10.00. The molecule has 2 rings (SSSR count). The molecule has 0 unspecified atom stereocenters. The van der Waals surface area contributed by atoms with E-state index >= 15 is 0 Å². The van der Waals surface area contributed by atoms with E-state index in [0.717, 1.165) is 5.56 Å². The van der Waals surface area contributed by atoms with Gasteiger partial charge in [0, 0.05) is 16.1 Å². The summed E-state index contributed by atoms with van der Waals surface area (Å²) in [6.07, 6.45) is 1.17. The van der Waals surface area contributed by atoms with E-state index in [0.29, 0.717) is 21.8 Å². The summed E-state index contributed by atoms with van der Waals surface area (Å²) in [6.45, 7) is 1.46. The maximum Gasteiger partial charge on any atom is 0.238 e. The Labute approximate surface area is 132 Å². The van der Waals surface area contributed by atoms with Crippen LogP contribution in [0, 0.1) is 17.0 Å². The van der Waals surface area contributed by atoms with Gasteiger partial charge in [-0.25, -0.2) is 0 Å². The molecule has 0 aliphatic rings. The molecule has 0 aromatic heterocycles. The Kier molecular flexibility index (Phi) is 5.01. The number of hydrogen-bond donors (Lipinski definition) is 0. The summed E-state index contributed by atoms with van der Waals surface area (Å²) in [5, 5.41) is 10.7. The fourth-order valence-corrected chi connectivity index (χ4v) is 2.16. The summed E-state index contributed by atoms with van der Waals surface area (Å²) >= 11 is 6.06. The highest BCUT2D eigenvalue weighted by Crippen LogP contribution is 2.26. The van der Waals surface area contributed by atoms with Crippen molar-refractivity contribution in [2.45, 2.75) is 6.92 Å². The molecule has 22 heavy (non-hydrogen) atoms. The van der Waals surface area contributed by atoms with Crippen LogP contribution in [0.2, 0.25) is 5.02 Å². The molecule has 2 aromatic rings. The SMILES string of the molecule is Cc1ccc(N=CC[N+](=O)[O-])c(C(=O)c2ccccc2Cl)c1. The third-order valence-corrected chi connectivity index (χ3v) is 3.31. The molecule has 0 saturated carbocycles. The van der Waals surface area contributed by atoms with Crippen molar-refractivity contribution in [3.8, 4) is 0 Å². The first kappa shape index (κ1) is 15.9. The summed E-state index contributed by atoms with van der Waals surface area (Å²) in [4.78, 5) is 26.5. The lowest BCUT2D eigenvalue weighted by molar-refractivity contribution is -0.462. The van der Waals surface area contributed by atoms with Gasteiger partial charge in [0.25, 0.3) is 0 Å². The summed E-state index contributed by atoms with van der Waals surface area (Å²) < 4.78 is 0. The fourth-order valence-electron chi connectivity index (χ4n) is 1.94.